The van der Waals surface area contributed by atoms with Gasteiger partial charge >= 0.3 is 0 Å². The van der Waals surface area contributed by atoms with Crippen molar-refractivity contribution in [2.75, 3.05) is 31.6 Å². The van der Waals surface area contributed by atoms with Gasteiger partial charge in [0.1, 0.15) is 0 Å². The van der Waals surface area contributed by atoms with Crippen LogP contribution in [0.1, 0.15) is 19.3 Å². The number of carbonyl (C=O) groups is 1. The van der Waals surface area contributed by atoms with E-state index in [0.717, 1.165) is 6.42 Å². The van der Waals surface area contributed by atoms with Gasteiger partial charge in [-0.25, -0.2) is 0 Å². The molecule has 0 spiro atoms. The van der Waals surface area contributed by atoms with Crippen LogP contribution in [0.4, 0.5) is 0 Å². The van der Waals surface area contributed by atoms with Gasteiger partial charge in [0.05, 0.1) is 0 Å². The number of rotatable bonds is 4. The average Bonchev–Trinajstić information content (AvgIpc) is 2.19. The number of nitrogens with two attached hydrogens (primary N) is 1. The second-order valence-electron chi connectivity index (χ2n) is 3.86. The zero-order chi connectivity index (χ0) is 10.4. The molecule has 0 saturated carbocycles. The van der Waals surface area contributed by atoms with Gasteiger partial charge in [-0.15, -0.1) is 0 Å². The fourth-order valence-corrected chi connectivity index (χ4v) is 2.88. The molecule has 0 aliphatic carbocycles. The highest BCUT2D eigenvalue weighted by Crippen LogP contribution is 2.25. The predicted octanol–water partition coefficient (Wildman–Crippen LogP) is 0.937. The standard InChI is InChI=1S/C10H20N2OS/c1-12(5-4-11)10(13)8-9-2-6-14-7-3-9/h9H,2-8,11H2,1H3. The van der Waals surface area contributed by atoms with Crippen LogP contribution in [0.3, 0.4) is 0 Å². The van der Waals surface area contributed by atoms with Gasteiger partial charge in [0, 0.05) is 26.6 Å². The smallest absolute Gasteiger partial charge is 0.222 e. The molecule has 0 unspecified atom stereocenters. The third-order valence-electron chi connectivity index (χ3n) is 2.69. The van der Waals surface area contributed by atoms with Gasteiger partial charge in [-0.05, 0) is 30.3 Å². The molecule has 0 bridgehead atoms. The lowest BCUT2D eigenvalue weighted by molar-refractivity contribution is -0.130. The number of carbonyl (C=O) groups excluding carboxylic acids is 1. The highest BCUT2D eigenvalue weighted by atomic mass is 32.2. The Hall–Kier alpha value is -0.220. The molecule has 0 radical (unpaired) electrons. The van der Waals surface area contributed by atoms with Crippen LogP contribution in [-0.2, 0) is 4.79 Å². The number of hydrogen-bond acceptors (Lipinski definition) is 3. The van der Waals surface area contributed by atoms with Gasteiger partial charge < -0.3 is 10.6 Å². The first-order chi connectivity index (χ1) is 6.74. The van der Waals surface area contributed by atoms with E-state index in [1.807, 2.05) is 18.8 Å². The Bertz CT molecular complexity index is 181. The minimum atomic E-state index is 0.257. The number of nitrogens with zero attached hydrogens (tertiary/aromatic N) is 1. The number of thioether (sulfide) groups is 1. The average molecular weight is 216 g/mol. The summed E-state index contributed by atoms with van der Waals surface area (Å²) in [7, 11) is 1.84. The zero-order valence-electron chi connectivity index (χ0n) is 8.87. The van der Waals surface area contributed by atoms with E-state index in [1.165, 1.54) is 24.3 Å². The van der Waals surface area contributed by atoms with Gasteiger partial charge in [0.2, 0.25) is 5.91 Å². The molecule has 1 saturated heterocycles. The first-order valence-electron chi connectivity index (χ1n) is 5.26. The first-order valence-corrected chi connectivity index (χ1v) is 6.41. The Balaban J connectivity index is 2.24. The molecule has 3 nitrogen and oxygen atoms in total. The minimum absolute atomic E-state index is 0.257. The SMILES string of the molecule is CN(CCN)C(=O)CC1CCSCC1. The largest absolute Gasteiger partial charge is 0.344 e. The van der Waals surface area contributed by atoms with Crippen molar-refractivity contribution in [3.8, 4) is 0 Å². The Labute approximate surface area is 90.4 Å². The Morgan fingerprint density at radius 1 is 1.50 bits per heavy atom. The van der Waals surface area contributed by atoms with Gasteiger partial charge in [-0.1, -0.05) is 0 Å². The van der Waals surface area contributed by atoms with Crippen LogP contribution < -0.4 is 5.73 Å². The summed E-state index contributed by atoms with van der Waals surface area (Å²) in [6.07, 6.45) is 3.12. The molecule has 0 atom stereocenters. The van der Waals surface area contributed by atoms with Crippen molar-refractivity contribution in [3.63, 3.8) is 0 Å². The molecule has 14 heavy (non-hydrogen) atoms. The predicted molar refractivity (Wildman–Crippen MR) is 61.4 cm³/mol. The van der Waals surface area contributed by atoms with E-state index in [4.69, 9.17) is 5.73 Å². The van der Waals surface area contributed by atoms with E-state index in [1.54, 1.807) is 4.90 Å². The van der Waals surface area contributed by atoms with Gasteiger partial charge in [-0.3, -0.25) is 4.79 Å². The topological polar surface area (TPSA) is 46.3 Å². The number of hydrogen-bond donors (Lipinski definition) is 1. The van der Waals surface area contributed by atoms with E-state index in [9.17, 15) is 4.79 Å². The van der Waals surface area contributed by atoms with Crippen LogP contribution in [0, 0.1) is 5.92 Å². The molecule has 0 aromatic heterocycles. The maximum absolute atomic E-state index is 11.7. The third-order valence-corrected chi connectivity index (χ3v) is 3.74. The molecule has 0 aromatic rings. The van der Waals surface area contributed by atoms with Crippen molar-refractivity contribution in [2.45, 2.75) is 19.3 Å². The van der Waals surface area contributed by atoms with Crippen LogP contribution in [-0.4, -0.2) is 42.4 Å². The lowest BCUT2D eigenvalue weighted by atomic mass is 9.98. The normalized spacial score (nSPS) is 18.1. The summed E-state index contributed by atoms with van der Waals surface area (Å²) in [4.78, 5) is 13.4. The molecule has 1 rings (SSSR count). The van der Waals surface area contributed by atoms with Crippen molar-refractivity contribution in [1.82, 2.24) is 4.90 Å². The van der Waals surface area contributed by atoms with Crippen LogP contribution in [0.25, 0.3) is 0 Å². The van der Waals surface area contributed by atoms with Crippen LogP contribution >= 0.6 is 11.8 Å². The van der Waals surface area contributed by atoms with E-state index in [2.05, 4.69) is 0 Å². The Morgan fingerprint density at radius 3 is 2.71 bits per heavy atom. The van der Waals surface area contributed by atoms with Crippen molar-refractivity contribution < 1.29 is 4.79 Å². The van der Waals surface area contributed by atoms with Crippen LogP contribution in [0.15, 0.2) is 0 Å². The van der Waals surface area contributed by atoms with Gasteiger partial charge in [0.15, 0.2) is 0 Å². The summed E-state index contributed by atoms with van der Waals surface area (Å²) in [6.45, 7) is 1.24. The highest BCUT2D eigenvalue weighted by Gasteiger charge is 2.18. The van der Waals surface area contributed by atoms with E-state index in [0.29, 0.717) is 19.0 Å². The second-order valence-corrected chi connectivity index (χ2v) is 5.09. The van der Waals surface area contributed by atoms with E-state index < -0.39 is 0 Å². The van der Waals surface area contributed by atoms with E-state index in [-0.39, 0.29) is 5.91 Å². The molecular formula is C10H20N2OS. The van der Waals surface area contributed by atoms with Crippen LogP contribution in [0.2, 0.25) is 0 Å². The molecule has 1 amide bonds. The first kappa shape index (κ1) is 11.9. The molecule has 4 heteroatoms. The molecule has 1 aliphatic heterocycles. The summed E-state index contributed by atoms with van der Waals surface area (Å²) in [5.41, 5.74) is 5.40. The summed E-state index contributed by atoms with van der Waals surface area (Å²) >= 11 is 2.00. The molecule has 1 heterocycles. The molecule has 82 valence electrons. The Kier molecular flexibility index (Phi) is 5.33. The molecule has 1 aliphatic rings. The second kappa shape index (κ2) is 6.30. The maximum atomic E-state index is 11.7. The Morgan fingerprint density at radius 2 is 2.14 bits per heavy atom. The monoisotopic (exact) mass is 216 g/mol. The summed E-state index contributed by atoms with van der Waals surface area (Å²) in [5.74, 6) is 3.31. The van der Waals surface area contributed by atoms with Crippen molar-refractivity contribution in [2.24, 2.45) is 11.7 Å². The summed E-state index contributed by atoms with van der Waals surface area (Å²) in [6, 6.07) is 0. The van der Waals surface area contributed by atoms with Crippen molar-refractivity contribution in [1.29, 1.82) is 0 Å². The fourth-order valence-electron chi connectivity index (χ4n) is 1.67. The molecule has 1 fully saturated rings. The highest BCUT2D eigenvalue weighted by molar-refractivity contribution is 7.99. The summed E-state index contributed by atoms with van der Waals surface area (Å²) in [5, 5.41) is 0. The zero-order valence-corrected chi connectivity index (χ0v) is 9.68. The van der Waals surface area contributed by atoms with Crippen molar-refractivity contribution in [3.05, 3.63) is 0 Å². The van der Waals surface area contributed by atoms with Gasteiger partial charge in [0.25, 0.3) is 0 Å². The summed E-state index contributed by atoms with van der Waals surface area (Å²) < 4.78 is 0. The molecule has 2 N–H and O–H groups in total. The minimum Gasteiger partial charge on any atom is -0.344 e. The number of amides is 1. The number of likely N-dealkylation sites (N-methyl/N-ethyl adjacent to an activating group) is 1. The van der Waals surface area contributed by atoms with Crippen molar-refractivity contribution >= 4 is 17.7 Å². The fraction of sp³-hybridized carbons (Fsp3) is 0.900. The molecular weight excluding hydrogens is 196 g/mol. The lowest BCUT2D eigenvalue weighted by Crippen LogP contribution is -2.33. The van der Waals surface area contributed by atoms with E-state index >= 15 is 0 Å². The maximum Gasteiger partial charge on any atom is 0.222 e. The third kappa shape index (κ3) is 3.88. The lowest BCUT2D eigenvalue weighted by Gasteiger charge is -2.23. The molecule has 0 aromatic carbocycles. The van der Waals surface area contributed by atoms with Gasteiger partial charge in [-0.2, -0.15) is 11.8 Å². The van der Waals surface area contributed by atoms with Crippen LogP contribution in [0.5, 0.6) is 0 Å². The quantitative estimate of drug-likeness (QED) is 0.760.